The largest absolute Gasteiger partial charge is 0.214 e. The second-order valence-corrected chi connectivity index (χ2v) is 7.54. The van der Waals surface area contributed by atoms with Gasteiger partial charge in [0.2, 0.25) is 10.0 Å². The molecule has 0 unspecified atom stereocenters. The lowest BCUT2D eigenvalue weighted by Crippen LogP contribution is -2.38. The summed E-state index contributed by atoms with van der Waals surface area (Å²) in [5.41, 5.74) is -0.170. The van der Waals surface area contributed by atoms with E-state index in [0.717, 1.165) is 19.3 Å². The Labute approximate surface area is 101 Å². The fraction of sp³-hybridized carbons (Fsp3) is 1.00. The van der Waals surface area contributed by atoms with Crippen LogP contribution in [0.25, 0.3) is 0 Å². The molecule has 3 nitrogen and oxygen atoms in total. The number of nitrogens with zero attached hydrogens (tertiary/aromatic N) is 1. The highest BCUT2D eigenvalue weighted by molar-refractivity contribution is 7.89. The van der Waals surface area contributed by atoms with Crippen molar-refractivity contribution in [3.05, 3.63) is 0 Å². The van der Waals surface area contributed by atoms with Crippen LogP contribution in [0, 0.1) is 5.41 Å². The summed E-state index contributed by atoms with van der Waals surface area (Å²) in [6.45, 7) is 11.3. The first-order valence-electron chi connectivity index (χ1n) is 6.20. The molecule has 0 saturated carbocycles. The highest BCUT2D eigenvalue weighted by Gasteiger charge is 2.26. The first-order valence-corrected chi connectivity index (χ1v) is 7.81. The third kappa shape index (κ3) is 6.48. The van der Waals surface area contributed by atoms with Gasteiger partial charge in [-0.15, -0.1) is 0 Å². The lowest BCUT2D eigenvalue weighted by molar-refractivity contribution is 0.382. The molecule has 0 radical (unpaired) electrons. The van der Waals surface area contributed by atoms with Crippen molar-refractivity contribution in [2.24, 2.45) is 5.41 Å². The van der Waals surface area contributed by atoms with Gasteiger partial charge in [0.05, 0.1) is 5.75 Å². The van der Waals surface area contributed by atoms with Gasteiger partial charge in [-0.25, -0.2) is 12.7 Å². The molecule has 0 aliphatic heterocycles. The molecular weight excluding hydrogens is 222 g/mol. The zero-order chi connectivity index (χ0) is 12.8. The van der Waals surface area contributed by atoms with Crippen LogP contribution >= 0.6 is 0 Å². The average molecular weight is 249 g/mol. The molecule has 0 aliphatic carbocycles. The Hall–Kier alpha value is -0.0900. The van der Waals surface area contributed by atoms with E-state index in [9.17, 15) is 8.42 Å². The van der Waals surface area contributed by atoms with E-state index in [1.54, 1.807) is 4.31 Å². The van der Waals surface area contributed by atoms with Crippen molar-refractivity contribution in [1.29, 1.82) is 0 Å². The van der Waals surface area contributed by atoms with Gasteiger partial charge in [-0.3, -0.25) is 0 Å². The van der Waals surface area contributed by atoms with Crippen LogP contribution in [0.4, 0.5) is 0 Å². The topological polar surface area (TPSA) is 37.4 Å². The van der Waals surface area contributed by atoms with Gasteiger partial charge in [-0.1, -0.05) is 41.0 Å². The van der Waals surface area contributed by atoms with Crippen molar-refractivity contribution in [3.63, 3.8) is 0 Å². The van der Waals surface area contributed by atoms with E-state index in [-0.39, 0.29) is 11.2 Å². The molecule has 0 amide bonds. The van der Waals surface area contributed by atoms with E-state index >= 15 is 0 Å². The quantitative estimate of drug-likeness (QED) is 0.696. The smallest absolute Gasteiger partial charge is 0.212 e. The van der Waals surface area contributed by atoms with Gasteiger partial charge >= 0.3 is 0 Å². The Kier molecular flexibility index (Phi) is 6.56. The molecule has 0 rings (SSSR count). The predicted molar refractivity (Wildman–Crippen MR) is 70.0 cm³/mol. The first-order chi connectivity index (χ1) is 7.23. The van der Waals surface area contributed by atoms with Gasteiger partial charge in [0.1, 0.15) is 0 Å². The first kappa shape index (κ1) is 15.9. The highest BCUT2D eigenvalue weighted by atomic mass is 32.2. The molecule has 98 valence electrons. The van der Waals surface area contributed by atoms with Gasteiger partial charge in [0.25, 0.3) is 0 Å². The minimum atomic E-state index is -3.08. The summed E-state index contributed by atoms with van der Waals surface area (Å²) in [4.78, 5) is 0. The zero-order valence-corrected chi connectivity index (χ0v) is 12.2. The van der Waals surface area contributed by atoms with Crippen LogP contribution in [0.2, 0.25) is 0 Å². The van der Waals surface area contributed by atoms with E-state index < -0.39 is 10.0 Å². The normalized spacial score (nSPS) is 13.4. The fourth-order valence-corrected chi connectivity index (χ4v) is 3.76. The van der Waals surface area contributed by atoms with Gasteiger partial charge in [-0.05, 0) is 18.3 Å². The summed E-state index contributed by atoms with van der Waals surface area (Å²) in [6, 6.07) is 0. The van der Waals surface area contributed by atoms with Crippen molar-refractivity contribution in [3.8, 4) is 0 Å². The molecule has 0 aromatic carbocycles. The molecule has 0 N–H and O–H groups in total. The third-order valence-electron chi connectivity index (χ3n) is 2.24. The molecule has 0 saturated heterocycles. The molecule has 16 heavy (non-hydrogen) atoms. The Morgan fingerprint density at radius 2 is 1.56 bits per heavy atom. The second-order valence-electron chi connectivity index (χ2n) is 5.57. The number of rotatable bonds is 7. The van der Waals surface area contributed by atoms with Crippen molar-refractivity contribution < 1.29 is 8.42 Å². The van der Waals surface area contributed by atoms with E-state index in [2.05, 4.69) is 6.92 Å². The summed E-state index contributed by atoms with van der Waals surface area (Å²) >= 11 is 0. The highest BCUT2D eigenvalue weighted by Crippen LogP contribution is 2.19. The summed E-state index contributed by atoms with van der Waals surface area (Å²) in [5.74, 6) is 0.240. The van der Waals surface area contributed by atoms with Gasteiger partial charge < -0.3 is 0 Å². The van der Waals surface area contributed by atoms with Crippen LogP contribution < -0.4 is 0 Å². The van der Waals surface area contributed by atoms with Crippen molar-refractivity contribution >= 4 is 10.0 Å². The molecule has 0 spiro atoms. The van der Waals surface area contributed by atoms with Gasteiger partial charge in [-0.2, -0.15) is 0 Å². The molecule has 0 bridgehead atoms. The fourth-order valence-electron chi connectivity index (χ4n) is 1.61. The predicted octanol–water partition coefficient (Wildman–Crippen LogP) is 2.87. The SMILES string of the molecule is CCCCN(CCC)S(=O)(=O)CC(C)(C)C. The zero-order valence-electron chi connectivity index (χ0n) is 11.4. The lowest BCUT2D eigenvalue weighted by Gasteiger charge is -2.26. The van der Waals surface area contributed by atoms with Gasteiger partial charge in [0.15, 0.2) is 0 Å². The maximum absolute atomic E-state index is 12.2. The second kappa shape index (κ2) is 6.60. The number of sulfonamides is 1. The van der Waals surface area contributed by atoms with Crippen molar-refractivity contribution in [2.45, 2.75) is 53.9 Å². The Morgan fingerprint density at radius 1 is 1.00 bits per heavy atom. The van der Waals surface area contributed by atoms with Crippen LogP contribution in [0.1, 0.15) is 53.9 Å². The summed E-state index contributed by atoms with van der Waals surface area (Å²) in [6.07, 6.45) is 2.86. The Balaban J connectivity index is 4.62. The van der Waals surface area contributed by atoms with Crippen molar-refractivity contribution in [2.75, 3.05) is 18.8 Å². The van der Waals surface area contributed by atoms with Crippen LogP contribution in [0.5, 0.6) is 0 Å². The Bertz CT molecular complexity index is 278. The molecule has 0 fully saturated rings. The molecule has 0 aromatic heterocycles. The van der Waals surface area contributed by atoms with E-state index in [1.807, 2.05) is 27.7 Å². The van der Waals surface area contributed by atoms with Crippen molar-refractivity contribution in [1.82, 2.24) is 4.31 Å². The average Bonchev–Trinajstić information content (AvgIpc) is 2.07. The summed E-state index contributed by atoms with van der Waals surface area (Å²) in [7, 11) is -3.08. The van der Waals surface area contributed by atoms with E-state index in [1.165, 1.54) is 0 Å². The third-order valence-corrected chi connectivity index (χ3v) is 4.63. The number of hydrogen-bond acceptors (Lipinski definition) is 2. The van der Waals surface area contributed by atoms with Crippen LogP contribution in [0.3, 0.4) is 0 Å². The molecule has 0 aliphatic rings. The lowest BCUT2D eigenvalue weighted by atomic mass is 10.0. The maximum atomic E-state index is 12.2. The van der Waals surface area contributed by atoms with E-state index in [4.69, 9.17) is 0 Å². The number of hydrogen-bond donors (Lipinski definition) is 0. The van der Waals surface area contributed by atoms with Crippen LogP contribution in [0.15, 0.2) is 0 Å². The van der Waals surface area contributed by atoms with Gasteiger partial charge in [0, 0.05) is 13.1 Å². The molecule has 4 heteroatoms. The van der Waals surface area contributed by atoms with Crippen LogP contribution in [-0.2, 0) is 10.0 Å². The van der Waals surface area contributed by atoms with E-state index in [0.29, 0.717) is 13.1 Å². The molecule has 0 heterocycles. The number of unbranched alkanes of at least 4 members (excludes halogenated alkanes) is 1. The summed E-state index contributed by atoms with van der Waals surface area (Å²) < 4.78 is 26.0. The minimum Gasteiger partial charge on any atom is -0.212 e. The maximum Gasteiger partial charge on any atom is 0.214 e. The molecular formula is C12H27NO2S. The standard InChI is InChI=1S/C12H27NO2S/c1-6-8-10-13(9-7-2)16(14,15)11-12(3,4)5/h6-11H2,1-5H3. The Morgan fingerprint density at radius 3 is 1.94 bits per heavy atom. The molecule has 0 aromatic rings. The molecule has 0 atom stereocenters. The monoisotopic (exact) mass is 249 g/mol. The van der Waals surface area contributed by atoms with Crippen LogP contribution in [-0.4, -0.2) is 31.6 Å². The minimum absolute atomic E-state index is 0.170. The summed E-state index contributed by atoms with van der Waals surface area (Å²) in [5, 5.41) is 0.